The summed E-state index contributed by atoms with van der Waals surface area (Å²) in [6, 6.07) is 9.57. The smallest absolute Gasteiger partial charge is 0.270 e. The highest BCUT2D eigenvalue weighted by molar-refractivity contribution is 9.10. The van der Waals surface area contributed by atoms with Gasteiger partial charge in [0, 0.05) is 22.2 Å². The Labute approximate surface area is 134 Å². The predicted octanol–water partition coefficient (Wildman–Crippen LogP) is 4.60. The molecule has 0 unspecified atom stereocenters. The Hall–Kier alpha value is -1.79. The van der Waals surface area contributed by atoms with Crippen molar-refractivity contribution in [3.8, 4) is 11.5 Å². The van der Waals surface area contributed by atoms with Gasteiger partial charge in [-0.2, -0.15) is 0 Å². The first-order valence-electron chi connectivity index (χ1n) is 5.90. The molecular formula is C14H11BrClNO4. The molecule has 0 atom stereocenters. The molecule has 0 aliphatic heterocycles. The monoisotopic (exact) mass is 371 g/mol. The fourth-order valence-electron chi connectivity index (χ4n) is 1.73. The van der Waals surface area contributed by atoms with E-state index in [2.05, 4.69) is 15.9 Å². The van der Waals surface area contributed by atoms with Crippen LogP contribution in [0.5, 0.6) is 11.5 Å². The van der Waals surface area contributed by atoms with Crippen LogP contribution in [0.4, 0.5) is 5.69 Å². The van der Waals surface area contributed by atoms with Gasteiger partial charge in [0.2, 0.25) is 0 Å². The fraction of sp³-hybridized carbons (Fsp3) is 0.143. The van der Waals surface area contributed by atoms with E-state index in [0.717, 1.165) is 4.47 Å². The molecule has 2 rings (SSSR count). The van der Waals surface area contributed by atoms with Gasteiger partial charge in [-0.3, -0.25) is 10.1 Å². The number of hydrogen-bond acceptors (Lipinski definition) is 4. The number of nitro groups is 1. The summed E-state index contributed by atoms with van der Waals surface area (Å²) in [6.07, 6.45) is 0. The number of nitrogens with zero attached hydrogens (tertiary/aromatic N) is 1. The fourth-order valence-corrected chi connectivity index (χ4v) is 2.25. The van der Waals surface area contributed by atoms with Gasteiger partial charge in [-0.15, -0.1) is 0 Å². The molecule has 2 aromatic rings. The Morgan fingerprint density at radius 1 is 1.24 bits per heavy atom. The maximum absolute atomic E-state index is 10.8. The van der Waals surface area contributed by atoms with Crippen LogP contribution < -0.4 is 9.47 Å². The van der Waals surface area contributed by atoms with E-state index in [1.165, 1.54) is 19.2 Å². The summed E-state index contributed by atoms with van der Waals surface area (Å²) in [6.45, 7) is 0.112. The van der Waals surface area contributed by atoms with E-state index in [4.69, 9.17) is 21.1 Å². The van der Waals surface area contributed by atoms with Crippen molar-refractivity contribution in [1.82, 2.24) is 0 Å². The lowest BCUT2D eigenvalue weighted by atomic mass is 10.2. The predicted molar refractivity (Wildman–Crippen MR) is 83.1 cm³/mol. The zero-order valence-corrected chi connectivity index (χ0v) is 13.3. The summed E-state index contributed by atoms with van der Waals surface area (Å²) in [5.74, 6) is 1.01. The van der Waals surface area contributed by atoms with Crippen molar-refractivity contribution in [3.63, 3.8) is 0 Å². The van der Waals surface area contributed by atoms with Crippen LogP contribution in [0, 0.1) is 10.1 Å². The van der Waals surface area contributed by atoms with E-state index < -0.39 is 4.92 Å². The number of ether oxygens (including phenoxy) is 2. The number of non-ortho nitro benzene ring substituents is 1. The van der Waals surface area contributed by atoms with Crippen molar-refractivity contribution in [2.24, 2.45) is 0 Å². The van der Waals surface area contributed by atoms with Crippen molar-refractivity contribution in [2.45, 2.75) is 6.61 Å². The first-order chi connectivity index (χ1) is 10.0. The van der Waals surface area contributed by atoms with Gasteiger partial charge >= 0.3 is 0 Å². The van der Waals surface area contributed by atoms with Crippen molar-refractivity contribution < 1.29 is 14.4 Å². The third kappa shape index (κ3) is 3.86. The van der Waals surface area contributed by atoms with Gasteiger partial charge in [0.1, 0.15) is 18.1 Å². The maximum Gasteiger partial charge on any atom is 0.270 e. The molecule has 0 bridgehead atoms. The van der Waals surface area contributed by atoms with Crippen molar-refractivity contribution in [3.05, 3.63) is 61.6 Å². The summed E-state index contributed by atoms with van der Waals surface area (Å²) in [5, 5.41) is 11.3. The Morgan fingerprint density at radius 2 is 2.00 bits per heavy atom. The van der Waals surface area contributed by atoms with E-state index in [1.807, 2.05) is 0 Å². The number of halogens is 2. The largest absolute Gasteiger partial charge is 0.496 e. The number of benzene rings is 2. The van der Waals surface area contributed by atoms with Gasteiger partial charge in [0.05, 0.1) is 17.1 Å². The van der Waals surface area contributed by atoms with E-state index in [9.17, 15) is 10.1 Å². The van der Waals surface area contributed by atoms with Crippen LogP contribution in [0.2, 0.25) is 5.02 Å². The quantitative estimate of drug-likeness (QED) is 0.568. The van der Waals surface area contributed by atoms with Crippen molar-refractivity contribution >= 4 is 33.2 Å². The van der Waals surface area contributed by atoms with Crippen LogP contribution in [0.25, 0.3) is 0 Å². The lowest BCUT2D eigenvalue weighted by molar-refractivity contribution is -0.385. The van der Waals surface area contributed by atoms with Crippen LogP contribution >= 0.6 is 27.5 Å². The second-order valence-corrected chi connectivity index (χ2v) is 5.44. The average Bonchev–Trinajstić information content (AvgIpc) is 2.47. The van der Waals surface area contributed by atoms with Gasteiger partial charge in [-0.1, -0.05) is 27.5 Å². The SMILES string of the molecule is COc1ccc([N+](=O)[O-])cc1COc1cc(Br)ccc1Cl. The molecule has 0 amide bonds. The van der Waals surface area contributed by atoms with Crippen molar-refractivity contribution in [2.75, 3.05) is 7.11 Å². The molecule has 0 aliphatic rings. The molecule has 0 heterocycles. The highest BCUT2D eigenvalue weighted by Crippen LogP contribution is 2.30. The van der Waals surface area contributed by atoms with Crippen LogP contribution in [0.3, 0.4) is 0 Å². The molecule has 0 aliphatic carbocycles. The first kappa shape index (κ1) is 15.6. The minimum Gasteiger partial charge on any atom is -0.496 e. The molecule has 2 aromatic carbocycles. The normalized spacial score (nSPS) is 10.2. The maximum atomic E-state index is 10.8. The molecule has 7 heteroatoms. The minimum atomic E-state index is -0.463. The second kappa shape index (κ2) is 6.78. The molecule has 110 valence electrons. The topological polar surface area (TPSA) is 61.6 Å². The molecule has 0 radical (unpaired) electrons. The molecular weight excluding hydrogens is 362 g/mol. The molecule has 0 saturated heterocycles. The lowest BCUT2D eigenvalue weighted by Gasteiger charge is -2.11. The van der Waals surface area contributed by atoms with Gasteiger partial charge in [-0.25, -0.2) is 0 Å². The minimum absolute atomic E-state index is 0.0188. The first-order valence-corrected chi connectivity index (χ1v) is 7.07. The lowest BCUT2D eigenvalue weighted by Crippen LogP contribution is -2.00. The highest BCUT2D eigenvalue weighted by atomic mass is 79.9. The number of hydrogen-bond donors (Lipinski definition) is 0. The summed E-state index contributed by atoms with van der Waals surface area (Å²) in [7, 11) is 1.50. The summed E-state index contributed by atoms with van der Waals surface area (Å²) in [4.78, 5) is 10.4. The Balaban J connectivity index is 2.24. The molecule has 0 aromatic heterocycles. The molecule has 0 saturated carbocycles. The summed E-state index contributed by atoms with van der Waals surface area (Å²) in [5.41, 5.74) is 0.553. The average molecular weight is 373 g/mol. The zero-order chi connectivity index (χ0) is 15.4. The molecule has 5 nitrogen and oxygen atoms in total. The number of nitro benzene ring substituents is 1. The third-order valence-electron chi connectivity index (χ3n) is 2.75. The third-order valence-corrected chi connectivity index (χ3v) is 3.56. The van der Waals surface area contributed by atoms with Crippen LogP contribution in [0.15, 0.2) is 40.9 Å². The van der Waals surface area contributed by atoms with E-state index >= 15 is 0 Å². The Morgan fingerprint density at radius 3 is 2.67 bits per heavy atom. The van der Waals surface area contributed by atoms with Crippen LogP contribution in [-0.4, -0.2) is 12.0 Å². The second-order valence-electron chi connectivity index (χ2n) is 4.12. The van der Waals surface area contributed by atoms with E-state index in [-0.39, 0.29) is 12.3 Å². The summed E-state index contributed by atoms with van der Waals surface area (Å²) < 4.78 is 11.6. The number of rotatable bonds is 5. The van der Waals surface area contributed by atoms with E-state index in [1.54, 1.807) is 24.3 Å². The standard InChI is InChI=1S/C14H11BrClNO4/c1-20-13-5-3-11(17(18)19)6-9(13)8-21-14-7-10(15)2-4-12(14)16/h2-7H,8H2,1H3. The zero-order valence-electron chi connectivity index (χ0n) is 11.0. The Bertz CT molecular complexity index is 678. The molecule has 0 fully saturated rings. The van der Waals surface area contributed by atoms with Crippen molar-refractivity contribution in [1.29, 1.82) is 0 Å². The van der Waals surface area contributed by atoms with Gasteiger partial charge in [0.15, 0.2) is 0 Å². The summed E-state index contributed by atoms with van der Waals surface area (Å²) >= 11 is 9.36. The molecule has 0 spiro atoms. The van der Waals surface area contributed by atoms with Crippen LogP contribution in [0.1, 0.15) is 5.56 Å². The molecule has 0 N–H and O–H groups in total. The number of methoxy groups -OCH3 is 1. The van der Waals surface area contributed by atoms with Gasteiger partial charge < -0.3 is 9.47 Å². The van der Waals surface area contributed by atoms with Crippen LogP contribution in [-0.2, 0) is 6.61 Å². The Kier molecular flexibility index (Phi) is 5.03. The van der Waals surface area contributed by atoms with Gasteiger partial charge in [0.25, 0.3) is 5.69 Å². The van der Waals surface area contributed by atoms with Gasteiger partial charge in [-0.05, 0) is 24.3 Å². The van der Waals surface area contributed by atoms with E-state index in [0.29, 0.717) is 22.1 Å². The highest BCUT2D eigenvalue weighted by Gasteiger charge is 2.12. The molecule has 21 heavy (non-hydrogen) atoms.